The first kappa shape index (κ1) is 9.41. The fourth-order valence-electron chi connectivity index (χ4n) is 2.25. The van der Waals surface area contributed by atoms with Crippen LogP contribution in [-0.4, -0.2) is 0 Å². The minimum Gasteiger partial charge on any atom is -0.0795 e. The van der Waals surface area contributed by atoms with E-state index in [0.29, 0.717) is 0 Å². The van der Waals surface area contributed by atoms with E-state index >= 15 is 0 Å². The van der Waals surface area contributed by atoms with Crippen molar-refractivity contribution in [3.05, 3.63) is 76.9 Å². The predicted molar refractivity (Wildman–Crippen MR) is 68.4 cm³/mol. The lowest BCUT2D eigenvalue weighted by atomic mass is 10.0. The fraction of sp³-hybridized carbons (Fsp3) is 0.125. The Morgan fingerprint density at radius 1 is 0.875 bits per heavy atom. The molecule has 1 aliphatic rings. The monoisotopic (exact) mass is 206 g/mol. The lowest BCUT2D eigenvalue weighted by molar-refractivity contribution is 1.17. The third-order valence-electron chi connectivity index (χ3n) is 3.09. The molecule has 0 bridgehead atoms. The van der Waals surface area contributed by atoms with Crippen LogP contribution in [0.2, 0.25) is 0 Å². The number of allylic oxidation sites excluding steroid dienone is 1. The van der Waals surface area contributed by atoms with Crippen molar-refractivity contribution >= 4 is 6.08 Å². The van der Waals surface area contributed by atoms with Gasteiger partial charge in [0.1, 0.15) is 0 Å². The summed E-state index contributed by atoms with van der Waals surface area (Å²) in [5.74, 6) is 0. The first-order valence-corrected chi connectivity index (χ1v) is 5.74. The number of benzene rings is 2. The number of hydrogen-bond donors (Lipinski definition) is 0. The zero-order valence-corrected chi connectivity index (χ0v) is 9.19. The topological polar surface area (TPSA) is 0 Å². The molecule has 0 aliphatic heterocycles. The van der Waals surface area contributed by atoms with E-state index in [9.17, 15) is 0 Å². The molecule has 0 aromatic heterocycles. The summed E-state index contributed by atoms with van der Waals surface area (Å²) in [7, 11) is 0. The summed E-state index contributed by atoms with van der Waals surface area (Å²) in [5, 5.41) is 0. The van der Waals surface area contributed by atoms with Gasteiger partial charge in [-0.15, -0.1) is 0 Å². The van der Waals surface area contributed by atoms with E-state index in [4.69, 9.17) is 0 Å². The molecular weight excluding hydrogens is 192 g/mol. The lowest BCUT2D eigenvalue weighted by Crippen LogP contribution is -1.90. The van der Waals surface area contributed by atoms with E-state index < -0.39 is 0 Å². The Morgan fingerprint density at radius 2 is 1.75 bits per heavy atom. The molecule has 3 rings (SSSR count). The molecule has 0 amide bonds. The Bertz CT molecular complexity index is 521. The van der Waals surface area contributed by atoms with Gasteiger partial charge in [0.15, 0.2) is 0 Å². The molecule has 2 aromatic rings. The zero-order valence-electron chi connectivity index (χ0n) is 9.19. The van der Waals surface area contributed by atoms with Crippen LogP contribution in [0.1, 0.15) is 22.3 Å². The van der Waals surface area contributed by atoms with E-state index in [0.717, 1.165) is 12.8 Å². The average molecular weight is 206 g/mol. The Morgan fingerprint density at radius 3 is 2.62 bits per heavy atom. The quantitative estimate of drug-likeness (QED) is 0.700. The summed E-state index contributed by atoms with van der Waals surface area (Å²) in [5.41, 5.74) is 5.65. The molecule has 0 nitrogen and oxygen atoms in total. The first-order chi connectivity index (χ1) is 7.92. The summed E-state index contributed by atoms with van der Waals surface area (Å²) < 4.78 is 0. The molecule has 0 saturated heterocycles. The molecule has 0 N–H and O–H groups in total. The summed E-state index contributed by atoms with van der Waals surface area (Å²) in [6.07, 6.45) is 6.57. The maximum Gasteiger partial charge on any atom is -0.00257 e. The maximum absolute atomic E-state index is 2.34. The van der Waals surface area contributed by atoms with Crippen LogP contribution in [0.5, 0.6) is 0 Å². The molecule has 0 heterocycles. The SMILES string of the molecule is C1=Cc2ccc(Cc3ccccc3)cc2C1. The standard InChI is InChI=1S/C16H14/c1-2-5-13(6-3-1)11-14-9-10-15-7-4-8-16(15)12-14/h1-7,9-10,12H,8,11H2. The average Bonchev–Trinajstić information content (AvgIpc) is 2.77. The zero-order chi connectivity index (χ0) is 10.8. The van der Waals surface area contributed by atoms with Crippen molar-refractivity contribution < 1.29 is 0 Å². The van der Waals surface area contributed by atoms with Gasteiger partial charge in [0, 0.05) is 0 Å². The Hall–Kier alpha value is -1.82. The second-order valence-electron chi connectivity index (χ2n) is 4.30. The van der Waals surface area contributed by atoms with Crippen molar-refractivity contribution in [2.24, 2.45) is 0 Å². The van der Waals surface area contributed by atoms with Gasteiger partial charge in [-0.2, -0.15) is 0 Å². The van der Waals surface area contributed by atoms with Crippen molar-refractivity contribution in [2.75, 3.05) is 0 Å². The normalized spacial score (nSPS) is 12.8. The highest BCUT2D eigenvalue weighted by Crippen LogP contribution is 2.21. The molecule has 2 aromatic carbocycles. The van der Waals surface area contributed by atoms with Crippen LogP contribution in [0.4, 0.5) is 0 Å². The molecule has 16 heavy (non-hydrogen) atoms. The molecule has 78 valence electrons. The van der Waals surface area contributed by atoms with Crippen molar-refractivity contribution in [3.63, 3.8) is 0 Å². The highest BCUT2D eigenvalue weighted by Gasteiger charge is 2.05. The molecule has 0 spiro atoms. The van der Waals surface area contributed by atoms with Crippen molar-refractivity contribution in [1.29, 1.82) is 0 Å². The van der Waals surface area contributed by atoms with Gasteiger partial charge in [0.25, 0.3) is 0 Å². The molecule has 0 fully saturated rings. The van der Waals surface area contributed by atoms with Crippen LogP contribution in [0.25, 0.3) is 6.08 Å². The van der Waals surface area contributed by atoms with E-state index in [1.807, 2.05) is 0 Å². The van der Waals surface area contributed by atoms with Gasteiger partial charge in [-0.3, -0.25) is 0 Å². The highest BCUT2D eigenvalue weighted by molar-refractivity contribution is 5.60. The van der Waals surface area contributed by atoms with Crippen LogP contribution in [0, 0.1) is 0 Å². The largest absolute Gasteiger partial charge is 0.0795 e. The van der Waals surface area contributed by atoms with Crippen LogP contribution >= 0.6 is 0 Å². The van der Waals surface area contributed by atoms with Gasteiger partial charge in [0.2, 0.25) is 0 Å². The van der Waals surface area contributed by atoms with Crippen molar-refractivity contribution in [1.82, 2.24) is 0 Å². The Balaban J connectivity index is 1.87. The molecule has 1 aliphatic carbocycles. The number of rotatable bonds is 2. The van der Waals surface area contributed by atoms with Crippen molar-refractivity contribution in [3.8, 4) is 0 Å². The number of hydrogen-bond acceptors (Lipinski definition) is 0. The lowest BCUT2D eigenvalue weighted by Gasteiger charge is -2.05. The Kier molecular flexibility index (Phi) is 2.34. The number of fused-ring (bicyclic) bond motifs is 1. The Labute approximate surface area is 96.3 Å². The minimum absolute atomic E-state index is 1.04. The molecule has 0 atom stereocenters. The summed E-state index contributed by atoms with van der Waals surface area (Å²) >= 11 is 0. The van der Waals surface area contributed by atoms with Gasteiger partial charge < -0.3 is 0 Å². The van der Waals surface area contributed by atoms with Gasteiger partial charge in [-0.1, -0.05) is 60.7 Å². The van der Waals surface area contributed by atoms with E-state index in [-0.39, 0.29) is 0 Å². The smallest absolute Gasteiger partial charge is 0.00257 e. The summed E-state index contributed by atoms with van der Waals surface area (Å²) in [4.78, 5) is 0. The summed E-state index contributed by atoms with van der Waals surface area (Å²) in [6.45, 7) is 0. The second-order valence-corrected chi connectivity index (χ2v) is 4.30. The minimum atomic E-state index is 1.04. The van der Waals surface area contributed by atoms with Crippen molar-refractivity contribution in [2.45, 2.75) is 12.8 Å². The predicted octanol–water partition coefficient (Wildman–Crippen LogP) is 3.85. The van der Waals surface area contributed by atoms with E-state index in [2.05, 4.69) is 60.7 Å². The molecule has 0 radical (unpaired) electrons. The van der Waals surface area contributed by atoms with E-state index in [1.54, 1.807) is 0 Å². The van der Waals surface area contributed by atoms with Crippen LogP contribution < -0.4 is 0 Å². The molecule has 0 unspecified atom stereocenters. The van der Waals surface area contributed by atoms with Gasteiger partial charge >= 0.3 is 0 Å². The second kappa shape index (κ2) is 3.97. The highest BCUT2D eigenvalue weighted by atomic mass is 14.1. The first-order valence-electron chi connectivity index (χ1n) is 5.74. The van der Waals surface area contributed by atoms with Crippen LogP contribution in [0.3, 0.4) is 0 Å². The third-order valence-corrected chi connectivity index (χ3v) is 3.09. The van der Waals surface area contributed by atoms with Crippen LogP contribution in [-0.2, 0) is 12.8 Å². The van der Waals surface area contributed by atoms with Gasteiger partial charge in [-0.25, -0.2) is 0 Å². The molecule has 0 saturated carbocycles. The fourth-order valence-corrected chi connectivity index (χ4v) is 2.25. The molecule has 0 heteroatoms. The van der Waals surface area contributed by atoms with Gasteiger partial charge in [-0.05, 0) is 35.1 Å². The van der Waals surface area contributed by atoms with E-state index in [1.165, 1.54) is 22.3 Å². The van der Waals surface area contributed by atoms with Gasteiger partial charge in [0.05, 0.1) is 0 Å². The third kappa shape index (κ3) is 1.79. The summed E-state index contributed by atoms with van der Waals surface area (Å²) in [6, 6.07) is 17.4. The molecular formula is C16H14. The maximum atomic E-state index is 2.34. The van der Waals surface area contributed by atoms with Crippen LogP contribution in [0.15, 0.2) is 54.6 Å².